The maximum absolute atomic E-state index is 12.3. The Morgan fingerprint density at radius 3 is 2.33 bits per heavy atom. The van der Waals surface area contributed by atoms with Gasteiger partial charge in [0.25, 0.3) is 0 Å². The highest BCUT2D eigenvalue weighted by Gasteiger charge is 2.25. The van der Waals surface area contributed by atoms with Gasteiger partial charge >= 0.3 is 5.97 Å². The molecule has 6 nitrogen and oxygen atoms in total. The number of hydrogen-bond donors (Lipinski definition) is 0. The highest BCUT2D eigenvalue weighted by atomic mass is 16.6. The topological polar surface area (TPSA) is 70.5 Å². The SMILES string of the molecule is COc1ccc(Cc2cc(-c3ccccc3OC)ncn2)cc1OC(=O)C(C)(C)C. The fourth-order valence-corrected chi connectivity index (χ4v) is 2.87. The van der Waals surface area contributed by atoms with Gasteiger partial charge in [-0.25, -0.2) is 9.97 Å². The molecule has 0 saturated carbocycles. The van der Waals surface area contributed by atoms with Crippen molar-refractivity contribution < 1.29 is 19.0 Å². The molecule has 0 unspecified atom stereocenters. The van der Waals surface area contributed by atoms with E-state index < -0.39 is 5.41 Å². The fraction of sp³-hybridized carbons (Fsp3) is 0.292. The van der Waals surface area contributed by atoms with Crippen molar-refractivity contribution in [2.45, 2.75) is 27.2 Å². The Kier molecular flexibility index (Phi) is 6.35. The lowest BCUT2D eigenvalue weighted by Gasteiger charge is -2.18. The molecular weight excluding hydrogens is 380 g/mol. The Balaban J connectivity index is 1.88. The van der Waals surface area contributed by atoms with E-state index in [1.54, 1.807) is 26.6 Å². The molecule has 0 aliphatic heterocycles. The van der Waals surface area contributed by atoms with Crippen LogP contribution in [-0.4, -0.2) is 30.2 Å². The number of methoxy groups -OCH3 is 2. The summed E-state index contributed by atoms with van der Waals surface area (Å²) in [5.74, 6) is 1.34. The van der Waals surface area contributed by atoms with E-state index in [9.17, 15) is 4.79 Å². The van der Waals surface area contributed by atoms with Crippen molar-refractivity contribution in [3.05, 3.63) is 66.1 Å². The van der Waals surface area contributed by atoms with Crippen LogP contribution in [0.1, 0.15) is 32.0 Å². The van der Waals surface area contributed by atoms with E-state index in [1.165, 1.54) is 0 Å². The molecule has 0 radical (unpaired) electrons. The van der Waals surface area contributed by atoms with Gasteiger partial charge in [-0.15, -0.1) is 0 Å². The average molecular weight is 406 g/mol. The molecule has 0 aliphatic carbocycles. The molecular formula is C24H26N2O4. The summed E-state index contributed by atoms with van der Waals surface area (Å²) in [5.41, 5.74) is 2.85. The van der Waals surface area contributed by atoms with Crippen LogP contribution in [0, 0.1) is 5.41 Å². The Labute approximate surface area is 176 Å². The van der Waals surface area contributed by atoms with Crippen LogP contribution in [0.25, 0.3) is 11.3 Å². The van der Waals surface area contributed by atoms with Crippen LogP contribution in [0.3, 0.4) is 0 Å². The third-order valence-corrected chi connectivity index (χ3v) is 4.53. The number of para-hydroxylation sites is 1. The van der Waals surface area contributed by atoms with Crippen molar-refractivity contribution in [2.24, 2.45) is 5.41 Å². The minimum absolute atomic E-state index is 0.321. The molecule has 2 aromatic carbocycles. The van der Waals surface area contributed by atoms with E-state index >= 15 is 0 Å². The molecule has 6 heteroatoms. The molecule has 1 aromatic heterocycles. The average Bonchev–Trinajstić information content (AvgIpc) is 2.73. The van der Waals surface area contributed by atoms with Crippen LogP contribution in [0.2, 0.25) is 0 Å². The van der Waals surface area contributed by atoms with E-state index in [1.807, 2.05) is 63.2 Å². The Bertz CT molecular complexity index is 1040. The second-order valence-corrected chi connectivity index (χ2v) is 7.90. The van der Waals surface area contributed by atoms with E-state index in [0.29, 0.717) is 17.9 Å². The van der Waals surface area contributed by atoms with Gasteiger partial charge in [-0.1, -0.05) is 18.2 Å². The smallest absolute Gasteiger partial charge is 0.316 e. The molecule has 0 saturated heterocycles. The number of benzene rings is 2. The molecule has 0 aliphatic rings. The fourth-order valence-electron chi connectivity index (χ4n) is 2.87. The monoisotopic (exact) mass is 406 g/mol. The molecule has 3 aromatic rings. The van der Waals surface area contributed by atoms with Crippen molar-refractivity contribution in [1.82, 2.24) is 9.97 Å². The molecule has 156 valence electrons. The number of aromatic nitrogens is 2. The standard InChI is InChI=1S/C24H26N2O4/c1-24(2,3)23(27)30-22-13-16(10-11-21(22)29-5)12-17-14-19(26-15-25-17)18-8-6-7-9-20(18)28-4/h6-11,13-15H,12H2,1-5H3. The third kappa shape index (κ3) is 4.95. The van der Waals surface area contributed by atoms with Crippen molar-refractivity contribution in [2.75, 3.05) is 14.2 Å². The molecule has 1 heterocycles. The Hall–Kier alpha value is -3.41. The van der Waals surface area contributed by atoms with Crippen LogP contribution in [-0.2, 0) is 11.2 Å². The van der Waals surface area contributed by atoms with Gasteiger partial charge in [0, 0.05) is 17.7 Å². The molecule has 0 bridgehead atoms. The van der Waals surface area contributed by atoms with Crippen molar-refractivity contribution in [3.8, 4) is 28.5 Å². The lowest BCUT2D eigenvalue weighted by molar-refractivity contribution is -0.143. The molecule has 0 spiro atoms. The van der Waals surface area contributed by atoms with Crippen LogP contribution < -0.4 is 14.2 Å². The van der Waals surface area contributed by atoms with E-state index in [-0.39, 0.29) is 5.97 Å². The van der Waals surface area contributed by atoms with Crippen LogP contribution in [0.4, 0.5) is 0 Å². The van der Waals surface area contributed by atoms with Crippen LogP contribution in [0.5, 0.6) is 17.2 Å². The second kappa shape index (κ2) is 8.95. The van der Waals surface area contributed by atoms with Gasteiger partial charge in [0.15, 0.2) is 11.5 Å². The first-order valence-corrected chi connectivity index (χ1v) is 9.65. The van der Waals surface area contributed by atoms with Gasteiger partial charge in [0.1, 0.15) is 12.1 Å². The summed E-state index contributed by atoms with van der Waals surface area (Å²) in [4.78, 5) is 21.1. The number of rotatable bonds is 6. The van der Waals surface area contributed by atoms with Crippen molar-refractivity contribution in [1.29, 1.82) is 0 Å². The first-order chi connectivity index (χ1) is 14.3. The first-order valence-electron chi connectivity index (χ1n) is 9.65. The zero-order valence-corrected chi connectivity index (χ0v) is 17.9. The number of carbonyl (C=O) groups excluding carboxylic acids is 1. The summed E-state index contributed by atoms with van der Waals surface area (Å²) in [6, 6.07) is 15.2. The molecule has 30 heavy (non-hydrogen) atoms. The van der Waals surface area contributed by atoms with Gasteiger partial charge in [-0.05, 0) is 56.7 Å². The van der Waals surface area contributed by atoms with Crippen LogP contribution >= 0.6 is 0 Å². The number of ether oxygens (including phenoxy) is 3. The highest BCUT2D eigenvalue weighted by molar-refractivity contribution is 5.78. The lowest BCUT2D eigenvalue weighted by atomic mass is 9.97. The maximum Gasteiger partial charge on any atom is 0.316 e. The summed E-state index contributed by atoms with van der Waals surface area (Å²) in [6.45, 7) is 5.43. The summed E-state index contributed by atoms with van der Waals surface area (Å²) in [6.07, 6.45) is 2.09. The molecule has 0 atom stereocenters. The first kappa shape index (κ1) is 21.3. The summed E-state index contributed by atoms with van der Waals surface area (Å²) >= 11 is 0. The summed E-state index contributed by atoms with van der Waals surface area (Å²) in [7, 11) is 3.19. The molecule has 0 amide bonds. The maximum atomic E-state index is 12.3. The van der Waals surface area contributed by atoms with E-state index in [4.69, 9.17) is 14.2 Å². The van der Waals surface area contributed by atoms with Gasteiger partial charge < -0.3 is 14.2 Å². The van der Waals surface area contributed by atoms with Crippen molar-refractivity contribution >= 4 is 5.97 Å². The number of carbonyl (C=O) groups is 1. The minimum atomic E-state index is -0.614. The number of esters is 1. The summed E-state index contributed by atoms with van der Waals surface area (Å²) in [5, 5.41) is 0. The predicted molar refractivity (Wildman–Crippen MR) is 115 cm³/mol. The van der Waals surface area contributed by atoms with Crippen molar-refractivity contribution in [3.63, 3.8) is 0 Å². The van der Waals surface area contributed by atoms with Gasteiger partial charge in [-0.3, -0.25) is 4.79 Å². The van der Waals surface area contributed by atoms with Gasteiger partial charge in [-0.2, -0.15) is 0 Å². The number of nitrogens with zero attached hydrogens (tertiary/aromatic N) is 2. The van der Waals surface area contributed by atoms with Gasteiger partial charge in [0.2, 0.25) is 0 Å². The molecule has 3 rings (SSSR count). The number of hydrogen-bond acceptors (Lipinski definition) is 6. The highest BCUT2D eigenvalue weighted by Crippen LogP contribution is 2.32. The predicted octanol–water partition coefficient (Wildman–Crippen LogP) is 4.70. The second-order valence-electron chi connectivity index (χ2n) is 7.90. The molecule has 0 fully saturated rings. The lowest BCUT2D eigenvalue weighted by Crippen LogP contribution is -2.25. The minimum Gasteiger partial charge on any atom is -0.496 e. The zero-order chi connectivity index (χ0) is 21.7. The quantitative estimate of drug-likeness (QED) is 0.436. The van der Waals surface area contributed by atoms with Crippen LogP contribution in [0.15, 0.2) is 54.9 Å². The third-order valence-electron chi connectivity index (χ3n) is 4.53. The summed E-state index contributed by atoms with van der Waals surface area (Å²) < 4.78 is 16.4. The van der Waals surface area contributed by atoms with E-state index in [2.05, 4.69) is 9.97 Å². The normalized spacial score (nSPS) is 11.1. The van der Waals surface area contributed by atoms with E-state index in [0.717, 1.165) is 28.3 Å². The Morgan fingerprint density at radius 2 is 1.63 bits per heavy atom. The molecule has 0 N–H and O–H groups in total. The zero-order valence-electron chi connectivity index (χ0n) is 17.9. The Morgan fingerprint density at radius 1 is 0.900 bits per heavy atom. The van der Waals surface area contributed by atoms with Gasteiger partial charge in [0.05, 0.1) is 25.3 Å². The largest absolute Gasteiger partial charge is 0.496 e.